The summed E-state index contributed by atoms with van der Waals surface area (Å²) in [6, 6.07) is 34.1. The molecule has 29 heteroatoms. The summed E-state index contributed by atoms with van der Waals surface area (Å²) < 4.78 is 65.6. The number of aromatic nitrogens is 9. The second-order valence-electron chi connectivity index (χ2n) is 31.1. The number of pyridine rings is 3. The maximum atomic E-state index is 14.4. The molecule has 4 saturated carbocycles. The first-order valence-electron chi connectivity index (χ1n) is 38.3. The van der Waals surface area contributed by atoms with E-state index in [0.29, 0.717) is 173 Å². The number of hydrogen-bond donors (Lipinski definition) is 3. The SMILES string of the molecule is CNC(=O)c1cccc(-c2ccc3c(N4CCOC[C@@H]4C)nc(N4CCOC5(CNC(=O)c6cccc(-c7ccc8c(N9CCOC[C@@H]9C)nc(N9CCOC%10(C%11CC%11NC(=O)c%11cccc(-c%12ccc%13c(N%14CCOC[C@@H]%14C)nc(N%14CCOC%15(C%14)CC(F)(F)C%15)nc%13n%12)c%11)CCC9%10)nc8n7)c6)CC45)nc3n2)c1. The Kier molecular flexibility index (Phi) is 17.3. The first kappa shape index (κ1) is 69.4. The van der Waals surface area contributed by atoms with Crippen LogP contribution in [-0.2, 0) is 28.4 Å². The van der Waals surface area contributed by atoms with E-state index in [0.717, 1.165) is 63.7 Å². The van der Waals surface area contributed by atoms with E-state index >= 15 is 0 Å². The zero-order chi connectivity index (χ0) is 74.1. The summed E-state index contributed by atoms with van der Waals surface area (Å²) in [5.74, 6) is 0.462. The monoisotopic (exact) mass is 1480 g/mol. The van der Waals surface area contributed by atoms with Crippen molar-refractivity contribution in [3.63, 3.8) is 0 Å². The molecule has 10 fully saturated rings. The summed E-state index contributed by atoms with van der Waals surface area (Å²) in [7, 11) is 1.61. The van der Waals surface area contributed by atoms with E-state index in [2.05, 4.69) is 61.2 Å². The second-order valence-corrected chi connectivity index (χ2v) is 31.1. The van der Waals surface area contributed by atoms with Crippen molar-refractivity contribution < 1.29 is 51.6 Å². The van der Waals surface area contributed by atoms with Gasteiger partial charge < -0.3 is 73.8 Å². The van der Waals surface area contributed by atoms with Crippen LogP contribution in [0.15, 0.2) is 109 Å². The summed E-state index contributed by atoms with van der Waals surface area (Å²) in [5, 5.41) is 11.7. The first-order valence-corrected chi connectivity index (χ1v) is 38.3. The molecule has 27 nitrogen and oxygen atoms in total. The quantitative estimate of drug-likeness (QED) is 0.0824. The molecule has 3 N–H and O–H groups in total. The standard InChI is InChI=1S/C80H86F2N18O9/c1-46-39-104-28-23-96(46)68-55-14-17-61(85-65(55)89-74(92-68)95-22-31-107-77(45-95)42-79(81,82)43-77)51-10-7-13-54(36-51)73(103)88-62-37-58(62)80-21-20-63(80)99(27-33-109-80)75-90-66-56(69(93-75)97-24-29-105-40-47(97)2)16-19-60(87-66)50-9-6-12-53(35-50)72(102)84-44-78-38-64(78)100(26-32-108-78)76-91-67-57(70(94-76)98-25-30-106-41-48(98)3)15-18-59(86-67)49-8-5-11-52(34-49)71(101)83-4/h5-19,34-36,46-48,58,62-64H,20-33,37-45H2,1-4H3,(H,83,101)(H,84,102)(H,88,103)/t46-,47-,48-,58?,62?,63?,64?,78?,80?/m0/s1. The Morgan fingerprint density at radius 1 is 0.505 bits per heavy atom. The highest BCUT2D eigenvalue weighted by atomic mass is 19.3. The van der Waals surface area contributed by atoms with Gasteiger partial charge in [0.05, 0.1) is 141 Å². The minimum absolute atomic E-state index is 0.0245. The Bertz CT molecular complexity index is 5120. The van der Waals surface area contributed by atoms with Gasteiger partial charge in [0.2, 0.25) is 17.8 Å². The third-order valence-electron chi connectivity index (χ3n) is 24.0. The van der Waals surface area contributed by atoms with Crippen LogP contribution in [0.5, 0.6) is 0 Å². The van der Waals surface area contributed by atoms with Crippen molar-refractivity contribution in [3.05, 3.63) is 126 Å². The summed E-state index contributed by atoms with van der Waals surface area (Å²) >= 11 is 0. The molecule has 9 atom stereocenters. The van der Waals surface area contributed by atoms with Gasteiger partial charge in [-0.05, 0) is 113 Å². The van der Waals surface area contributed by atoms with Gasteiger partial charge in [-0.25, -0.2) is 23.7 Å². The predicted molar refractivity (Wildman–Crippen MR) is 405 cm³/mol. The maximum Gasteiger partial charge on any atom is 0.253 e. The van der Waals surface area contributed by atoms with Crippen LogP contribution >= 0.6 is 0 Å². The smallest absolute Gasteiger partial charge is 0.253 e. The number of halogens is 2. The van der Waals surface area contributed by atoms with E-state index < -0.39 is 22.7 Å². The Labute approximate surface area is 627 Å². The normalized spacial score (nSPS) is 26.9. The van der Waals surface area contributed by atoms with E-state index in [9.17, 15) is 23.2 Å². The van der Waals surface area contributed by atoms with Crippen LogP contribution in [0.1, 0.15) is 90.4 Å². The number of alkyl halides is 2. The van der Waals surface area contributed by atoms with E-state index in [1.165, 1.54) is 0 Å². The van der Waals surface area contributed by atoms with Crippen molar-refractivity contribution in [1.82, 2.24) is 60.8 Å². The molecule has 3 aromatic carbocycles. The number of fused-ring (bicyclic) bond motifs is 5. The molecule has 0 radical (unpaired) electrons. The predicted octanol–water partition coefficient (Wildman–Crippen LogP) is 8.08. The molecular formula is C80H86F2N18O9. The lowest BCUT2D eigenvalue weighted by molar-refractivity contribution is -0.230. The number of nitrogens with one attached hydrogen (secondary N) is 3. The fourth-order valence-electron chi connectivity index (χ4n) is 18.0. The Balaban J connectivity index is 0.546. The molecule has 109 heavy (non-hydrogen) atoms. The Morgan fingerprint density at radius 2 is 0.972 bits per heavy atom. The van der Waals surface area contributed by atoms with Gasteiger partial charge in [0.1, 0.15) is 23.1 Å². The number of ether oxygens (including phenoxy) is 6. The molecule has 6 aliphatic heterocycles. The zero-order valence-corrected chi connectivity index (χ0v) is 61.3. The first-order chi connectivity index (χ1) is 53.0. The second kappa shape index (κ2) is 27.2. The van der Waals surface area contributed by atoms with Crippen molar-refractivity contribution in [1.29, 1.82) is 0 Å². The molecule has 6 aromatic heterocycles. The summed E-state index contributed by atoms with van der Waals surface area (Å²) in [6.45, 7) is 14.8. The third kappa shape index (κ3) is 12.7. The summed E-state index contributed by atoms with van der Waals surface area (Å²) in [4.78, 5) is 102. The number of amides is 3. The van der Waals surface area contributed by atoms with Crippen LogP contribution in [0.3, 0.4) is 0 Å². The molecule has 12 heterocycles. The number of carbonyl (C=O) groups is 3. The number of rotatable bonds is 16. The van der Waals surface area contributed by atoms with E-state index in [-0.39, 0.29) is 92.4 Å². The topological polar surface area (TPSA) is 278 Å². The number of nitrogens with zero attached hydrogens (tertiary/aromatic N) is 15. The number of benzene rings is 3. The van der Waals surface area contributed by atoms with Crippen molar-refractivity contribution in [2.45, 2.75) is 118 Å². The molecule has 0 bridgehead atoms. The van der Waals surface area contributed by atoms with Crippen LogP contribution in [0.2, 0.25) is 0 Å². The minimum atomic E-state index is -2.76. The molecule has 1 spiro atoms. The molecule has 3 amide bonds. The van der Waals surface area contributed by atoms with Gasteiger partial charge in [0.15, 0.2) is 16.9 Å². The highest BCUT2D eigenvalue weighted by Gasteiger charge is 2.66. The number of hydrogen-bond acceptors (Lipinski definition) is 24. The average molecular weight is 1480 g/mol. The highest BCUT2D eigenvalue weighted by molar-refractivity contribution is 5.99. The van der Waals surface area contributed by atoms with Gasteiger partial charge in [-0.15, -0.1) is 0 Å². The lowest BCUT2D eigenvalue weighted by Crippen LogP contribution is -2.68. The summed E-state index contributed by atoms with van der Waals surface area (Å²) in [6.07, 6.45) is 2.43. The Morgan fingerprint density at radius 3 is 1.47 bits per heavy atom. The van der Waals surface area contributed by atoms with Crippen LogP contribution in [-0.4, -0.2) is 240 Å². The van der Waals surface area contributed by atoms with Gasteiger partial charge in [-0.2, -0.15) is 29.9 Å². The largest absolute Gasteiger partial charge is 0.377 e. The molecule has 4 aliphatic carbocycles. The maximum absolute atomic E-state index is 14.4. The molecule has 19 rings (SSSR count). The molecule has 9 aromatic rings. The lowest BCUT2D eigenvalue weighted by Gasteiger charge is -2.57. The van der Waals surface area contributed by atoms with E-state index in [1.807, 2.05) is 108 Å². The van der Waals surface area contributed by atoms with Gasteiger partial charge >= 0.3 is 0 Å². The molecular weight excluding hydrogens is 1390 g/mol. The average Bonchev–Trinajstić information content (AvgIpc) is 1.59. The van der Waals surface area contributed by atoms with Crippen LogP contribution in [0, 0.1) is 5.92 Å². The van der Waals surface area contributed by atoms with Crippen molar-refractivity contribution >= 4 is 86.1 Å². The molecule has 6 saturated heterocycles. The summed E-state index contributed by atoms with van der Waals surface area (Å²) in [5.41, 5.74) is 5.12. The zero-order valence-electron chi connectivity index (χ0n) is 61.3. The van der Waals surface area contributed by atoms with Gasteiger partial charge in [0, 0.05) is 117 Å². The van der Waals surface area contributed by atoms with Gasteiger partial charge in [-0.3, -0.25) is 14.4 Å². The number of carbonyl (C=O) groups excluding carboxylic acids is 3. The fraction of sp³-hybridized carbons (Fsp3) is 0.475. The third-order valence-corrected chi connectivity index (χ3v) is 24.0. The van der Waals surface area contributed by atoms with Gasteiger partial charge in [-0.1, -0.05) is 36.4 Å². The van der Waals surface area contributed by atoms with Crippen LogP contribution in [0.4, 0.5) is 44.1 Å². The number of morpholine rings is 6. The van der Waals surface area contributed by atoms with Crippen molar-refractivity contribution in [3.8, 4) is 33.8 Å². The van der Waals surface area contributed by atoms with E-state index in [4.69, 9.17) is 73.3 Å². The van der Waals surface area contributed by atoms with E-state index in [1.54, 1.807) is 13.1 Å². The van der Waals surface area contributed by atoms with Crippen molar-refractivity contribution in [2.75, 3.05) is 148 Å². The molecule has 6 unspecified atom stereocenters. The fourth-order valence-corrected chi connectivity index (χ4v) is 18.0. The van der Waals surface area contributed by atoms with Crippen molar-refractivity contribution in [2.24, 2.45) is 5.92 Å². The number of anilines is 6. The van der Waals surface area contributed by atoms with Crippen LogP contribution in [0.25, 0.3) is 66.9 Å². The Hall–Kier alpha value is -10.0. The lowest BCUT2D eigenvalue weighted by atomic mass is 9.69. The molecule has 10 aliphatic rings. The van der Waals surface area contributed by atoms with Crippen LogP contribution < -0.4 is 45.3 Å². The minimum Gasteiger partial charge on any atom is -0.377 e. The molecule has 564 valence electrons. The highest BCUT2D eigenvalue weighted by Crippen LogP contribution is 2.57. The van der Waals surface area contributed by atoms with Gasteiger partial charge in [0.25, 0.3) is 23.6 Å².